The van der Waals surface area contributed by atoms with Crippen molar-refractivity contribution >= 4 is 11.9 Å². The van der Waals surface area contributed by atoms with Crippen LogP contribution in [0.2, 0.25) is 0 Å². The Morgan fingerprint density at radius 3 is 2.62 bits per heavy atom. The maximum atomic E-state index is 12.7. The van der Waals surface area contributed by atoms with E-state index in [1.807, 2.05) is 0 Å². The molecule has 2 aliphatic carbocycles. The van der Waals surface area contributed by atoms with Crippen LogP contribution in [0, 0.1) is 11.3 Å². The third kappa shape index (κ3) is 2.30. The summed E-state index contributed by atoms with van der Waals surface area (Å²) >= 11 is 0. The molecule has 0 radical (unpaired) electrons. The molecule has 2 saturated carbocycles. The molecule has 0 unspecified atom stereocenters. The minimum absolute atomic E-state index is 0.328. The number of amides is 1. The van der Waals surface area contributed by atoms with Crippen LogP contribution in [0.3, 0.4) is 0 Å². The quantitative estimate of drug-likeness (QED) is 0.894. The van der Waals surface area contributed by atoms with E-state index in [0.29, 0.717) is 17.2 Å². The highest BCUT2D eigenvalue weighted by molar-refractivity contribution is 5.83. The number of H-pyrrole nitrogens is 1. The molecular formula is C15H23N5O. The summed E-state index contributed by atoms with van der Waals surface area (Å²) in [6.45, 7) is 3.32. The number of piperazine rings is 1. The fourth-order valence-electron chi connectivity index (χ4n) is 4.22. The van der Waals surface area contributed by atoms with Crippen molar-refractivity contribution in [3.8, 4) is 0 Å². The van der Waals surface area contributed by atoms with Gasteiger partial charge in [0.2, 0.25) is 11.9 Å². The van der Waals surface area contributed by atoms with Crippen molar-refractivity contribution in [1.29, 1.82) is 0 Å². The van der Waals surface area contributed by atoms with Crippen molar-refractivity contribution in [2.45, 2.75) is 38.5 Å². The van der Waals surface area contributed by atoms with Gasteiger partial charge in [0.25, 0.3) is 0 Å². The van der Waals surface area contributed by atoms with Crippen LogP contribution in [0.4, 0.5) is 5.95 Å². The molecule has 21 heavy (non-hydrogen) atoms. The minimum atomic E-state index is 0.328. The maximum absolute atomic E-state index is 12.7. The molecule has 114 valence electrons. The van der Waals surface area contributed by atoms with E-state index in [2.05, 4.69) is 25.0 Å². The van der Waals surface area contributed by atoms with Gasteiger partial charge in [-0.2, -0.15) is 10.1 Å². The van der Waals surface area contributed by atoms with E-state index in [0.717, 1.165) is 38.5 Å². The number of anilines is 1. The van der Waals surface area contributed by atoms with Crippen LogP contribution < -0.4 is 4.90 Å². The maximum Gasteiger partial charge on any atom is 0.226 e. The number of nitrogens with one attached hydrogen (secondary N) is 1. The number of nitrogens with zero attached hydrogens (tertiary/aromatic N) is 4. The molecule has 0 bridgehead atoms. The Hall–Kier alpha value is -1.59. The number of hydrogen-bond donors (Lipinski definition) is 1. The summed E-state index contributed by atoms with van der Waals surface area (Å²) in [5.74, 6) is 1.56. The summed E-state index contributed by atoms with van der Waals surface area (Å²) in [5.41, 5.74) is 0.400. The third-order valence-corrected chi connectivity index (χ3v) is 5.63. The summed E-state index contributed by atoms with van der Waals surface area (Å²) in [6, 6.07) is 0. The molecule has 1 spiro atoms. The summed E-state index contributed by atoms with van der Waals surface area (Å²) < 4.78 is 0. The molecular weight excluding hydrogens is 266 g/mol. The average Bonchev–Trinajstić information content (AvgIpc) is 2.99. The number of rotatable bonds is 2. The number of hydrogen-bond acceptors (Lipinski definition) is 4. The monoisotopic (exact) mass is 289 g/mol. The van der Waals surface area contributed by atoms with Crippen molar-refractivity contribution in [2.24, 2.45) is 11.3 Å². The molecule has 1 aromatic rings. The normalized spacial score (nSPS) is 27.9. The SMILES string of the molecule is O=C([C@H]1CC12CCCCC2)N1CCN(c2ncn[nH]2)CC1. The smallest absolute Gasteiger partial charge is 0.226 e. The zero-order chi connectivity index (χ0) is 14.3. The molecule has 1 saturated heterocycles. The Labute approximate surface area is 124 Å². The average molecular weight is 289 g/mol. The fourth-order valence-corrected chi connectivity index (χ4v) is 4.22. The molecule has 1 aromatic heterocycles. The first kappa shape index (κ1) is 13.1. The lowest BCUT2D eigenvalue weighted by molar-refractivity contribution is -0.134. The molecule has 6 heteroatoms. The third-order valence-electron chi connectivity index (χ3n) is 5.63. The Morgan fingerprint density at radius 1 is 1.19 bits per heavy atom. The second-order valence-electron chi connectivity index (χ2n) is 6.80. The lowest BCUT2D eigenvalue weighted by atomic mass is 9.84. The van der Waals surface area contributed by atoms with Gasteiger partial charge in [-0.25, -0.2) is 5.10 Å². The molecule has 1 aliphatic heterocycles. The van der Waals surface area contributed by atoms with Gasteiger partial charge in [0, 0.05) is 32.1 Å². The van der Waals surface area contributed by atoms with Crippen LogP contribution in [0.15, 0.2) is 6.33 Å². The number of carbonyl (C=O) groups is 1. The molecule has 1 amide bonds. The van der Waals surface area contributed by atoms with Gasteiger partial charge in [-0.1, -0.05) is 19.3 Å². The highest BCUT2D eigenvalue weighted by Gasteiger charge is 2.58. The van der Waals surface area contributed by atoms with Crippen LogP contribution >= 0.6 is 0 Å². The molecule has 0 aromatic carbocycles. The van der Waals surface area contributed by atoms with E-state index in [4.69, 9.17) is 0 Å². The van der Waals surface area contributed by atoms with Crippen LogP contribution in [0.1, 0.15) is 38.5 Å². The lowest BCUT2D eigenvalue weighted by Crippen LogP contribution is -2.50. The summed E-state index contributed by atoms with van der Waals surface area (Å²) in [4.78, 5) is 21.1. The van der Waals surface area contributed by atoms with Crippen molar-refractivity contribution < 1.29 is 4.79 Å². The van der Waals surface area contributed by atoms with Gasteiger partial charge < -0.3 is 9.80 Å². The summed E-state index contributed by atoms with van der Waals surface area (Å²) in [7, 11) is 0. The number of aromatic nitrogens is 3. The predicted octanol–water partition coefficient (Wildman–Crippen LogP) is 1.42. The standard InChI is InChI=1S/C15H23N5O/c21-13(12-10-15(12)4-2-1-3-5-15)19-6-8-20(9-7-19)14-16-11-17-18-14/h11-12H,1-10H2,(H,16,17,18)/t12-/m1/s1. The van der Waals surface area contributed by atoms with E-state index in [9.17, 15) is 4.79 Å². The lowest BCUT2D eigenvalue weighted by Gasteiger charge is -2.35. The van der Waals surface area contributed by atoms with Gasteiger partial charge >= 0.3 is 0 Å². The van der Waals surface area contributed by atoms with E-state index in [1.165, 1.54) is 38.4 Å². The zero-order valence-corrected chi connectivity index (χ0v) is 12.4. The second kappa shape index (κ2) is 5.00. The first-order chi connectivity index (χ1) is 10.3. The van der Waals surface area contributed by atoms with Gasteiger partial charge in [-0.05, 0) is 24.7 Å². The Balaban J connectivity index is 1.33. The van der Waals surface area contributed by atoms with Crippen LogP contribution in [0.25, 0.3) is 0 Å². The van der Waals surface area contributed by atoms with Crippen molar-refractivity contribution in [3.05, 3.63) is 6.33 Å². The predicted molar refractivity (Wildman–Crippen MR) is 78.8 cm³/mol. The van der Waals surface area contributed by atoms with Gasteiger partial charge in [0.1, 0.15) is 6.33 Å². The second-order valence-corrected chi connectivity index (χ2v) is 6.80. The van der Waals surface area contributed by atoms with E-state index in [-0.39, 0.29) is 0 Å². The van der Waals surface area contributed by atoms with Gasteiger partial charge in [0.15, 0.2) is 0 Å². The fraction of sp³-hybridized carbons (Fsp3) is 0.800. The highest BCUT2D eigenvalue weighted by Crippen LogP contribution is 2.61. The minimum Gasteiger partial charge on any atom is -0.339 e. The molecule has 3 fully saturated rings. The summed E-state index contributed by atoms with van der Waals surface area (Å²) in [6.07, 6.45) is 9.24. The molecule has 1 N–H and O–H groups in total. The van der Waals surface area contributed by atoms with E-state index in [1.54, 1.807) is 0 Å². The first-order valence-electron chi connectivity index (χ1n) is 8.18. The van der Waals surface area contributed by atoms with Crippen molar-refractivity contribution in [1.82, 2.24) is 20.1 Å². The van der Waals surface area contributed by atoms with Crippen molar-refractivity contribution in [3.63, 3.8) is 0 Å². The van der Waals surface area contributed by atoms with Gasteiger partial charge in [-0.15, -0.1) is 0 Å². The number of aromatic amines is 1. The zero-order valence-electron chi connectivity index (χ0n) is 12.4. The van der Waals surface area contributed by atoms with E-state index < -0.39 is 0 Å². The Morgan fingerprint density at radius 2 is 1.95 bits per heavy atom. The molecule has 3 aliphatic rings. The van der Waals surface area contributed by atoms with Crippen LogP contribution in [0.5, 0.6) is 0 Å². The van der Waals surface area contributed by atoms with Crippen LogP contribution in [-0.2, 0) is 4.79 Å². The summed E-state index contributed by atoms with van der Waals surface area (Å²) in [5, 5.41) is 6.78. The van der Waals surface area contributed by atoms with Gasteiger partial charge in [-0.3, -0.25) is 4.79 Å². The Kier molecular flexibility index (Phi) is 3.12. The molecule has 1 atom stereocenters. The molecule has 4 rings (SSSR count). The first-order valence-corrected chi connectivity index (χ1v) is 8.18. The number of carbonyl (C=O) groups excluding carboxylic acids is 1. The topological polar surface area (TPSA) is 65.1 Å². The highest BCUT2D eigenvalue weighted by atomic mass is 16.2. The molecule has 2 heterocycles. The van der Waals surface area contributed by atoms with Gasteiger partial charge in [0.05, 0.1) is 0 Å². The van der Waals surface area contributed by atoms with Crippen molar-refractivity contribution in [2.75, 3.05) is 31.1 Å². The van der Waals surface area contributed by atoms with E-state index >= 15 is 0 Å². The Bertz CT molecular complexity index is 500. The van der Waals surface area contributed by atoms with Crippen LogP contribution in [-0.4, -0.2) is 52.2 Å². The largest absolute Gasteiger partial charge is 0.339 e. The molecule has 6 nitrogen and oxygen atoms in total.